The fourth-order valence-corrected chi connectivity index (χ4v) is 2.35. The first-order valence-electron chi connectivity index (χ1n) is 7.59. The molecule has 3 N–H and O–H groups in total. The summed E-state index contributed by atoms with van der Waals surface area (Å²) in [6, 6.07) is 3.89. The summed E-state index contributed by atoms with van der Waals surface area (Å²) < 4.78 is 42.4. The number of alkyl halides is 3. The molecular formula is C15H18F3N3O5. The van der Waals surface area contributed by atoms with Gasteiger partial charge in [0, 0.05) is 18.7 Å². The van der Waals surface area contributed by atoms with Crippen molar-refractivity contribution in [2.75, 3.05) is 13.2 Å². The molecule has 144 valence electrons. The van der Waals surface area contributed by atoms with Crippen LogP contribution in [0.3, 0.4) is 0 Å². The first-order chi connectivity index (χ1) is 12.3. The monoisotopic (exact) mass is 377 g/mol. The Balaban J connectivity index is 0.000000298. The van der Waals surface area contributed by atoms with Crippen molar-refractivity contribution in [2.24, 2.45) is 0 Å². The van der Waals surface area contributed by atoms with Crippen molar-refractivity contribution in [2.45, 2.75) is 32.4 Å². The number of carboxylic acids is 1. The van der Waals surface area contributed by atoms with Crippen molar-refractivity contribution < 1.29 is 37.3 Å². The third-order valence-corrected chi connectivity index (χ3v) is 3.48. The van der Waals surface area contributed by atoms with Crippen molar-refractivity contribution in [3.05, 3.63) is 41.1 Å². The van der Waals surface area contributed by atoms with Crippen LogP contribution in [0.1, 0.15) is 22.7 Å². The van der Waals surface area contributed by atoms with Crippen LogP contribution >= 0.6 is 0 Å². The first kappa shape index (κ1) is 19.9. The van der Waals surface area contributed by atoms with Gasteiger partial charge >= 0.3 is 12.1 Å². The van der Waals surface area contributed by atoms with Crippen LogP contribution < -0.4 is 0 Å². The molecule has 0 atom stereocenters. The molecule has 1 aliphatic heterocycles. The minimum Gasteiger partial charge on any atom is -0.475 e. The van der Waals surface area contributed by atoms with E-state index in [-0.39, 0.29) is 6.61 Å². The van der Waals surface area contributed by atoms with E-state index in [1.54, 1.807) is 6.26 Å². The van der Waals surface area contributed by atoms with Crippen LogP contribution in [0, 0.1) is 0 Å². The summed E-state index contributed by atoms with van der Waals surface area (Å²) in [4.78, 5) is 11.2. The maximum Gasteiger partial charge on any atom is 0.490 e. The topological polar surface area (TPSA) is 112 Å². The molecule has 0 saturated heterocycles. The highest BCUT2D eigenvalue weighted by Crippen LogP contribution is 2.25. The summed E-state index contributed by atoms with van der Waals surface area (Å²) >= 11 is 0. The zero-order valence-electron chi connectivity index (χ0n) is 13.6. The lowest BCUT2D eigenvalue weighted by atomic mass is 10.2. The molecule has 0 spiro atoms. The molecule has 26 heavy (non-hydrogen) atoms. The third-order valence-electron chi connectivity index (χ3n) is 3.48. The zero-order chi connectivity index (χ0) is 19.2. The minimum absolute atomic E-state index is 0.0389. The molecule has 3 rings (SSSR count). The van der Waals surface area contributed by atoms with Gasteiger partial charge in [-0.1, -0.05) is 0 Å². The van der Waals surface area contributed by atoms with E-state index >= 15 is 0 Å². The SMILES string of the molecule is O=C(O)C(F)(F)F.OCCOCc1n[nH]c2c1CN(Cc1ccco1)C2. The number of aliphatic hydroxyl groups excluding tert-OH is 1. The van der Waals surface area contributed by atoms with E-state index in [9.17, 15) is 13.2 Å². The van der Waals surface area contributed by atoms with Gasteiger partial charge in [0.25, 0.3) is 0 Å². The van der Waals surface area contributed by atoms with Gasteiger partial charge < -0.3 is 19.4 Å². The standard InChI is InChI=1S/C13H17N3O3.C2HF3O2/c17-3-5-18-9-13-11-7-16(8-12(11)14-15-13)6-10-2-1-4-19-10;3-2(4,5)1(6)7/h1-2,4,17H,3,5-9H2,(H,14,15);(H,6,7). The summed E-state index contributed by atoms with van der Waals surface area (Å²) in [5.74, 6) is -1.79. The molecule has 11 heteroatoms. The Morgan fingerprint density at radius 2 is 2.15 bits per heavy atom. The summed E-state index contributed by atoms with van der Waals surface area (Å²) in [6.07, 6.45) is -3.39. The maximum atomic E-state index is 10.6. The molecule has 1 aliphatic rings. The fraction of sp³-hybridized carbons (Fsp3) is 0.467. The number of H-pyrrole nitrogens is 1. The van der Waals surface area contributed by atoms with Gasteiger partial charge in [-0.2, -0.15) is 18.3 Å². The number of carbonyl (C=O) groups is 1. The van der Waals surface area contributed by atoms with Crippen LogP contribution in [0.5, 0.6) is 0 Å². The van der Waals surface area contributed by atoms with E-state index in [4.69, 9.17) is 24.2 Å². The Kier molecular flexibility index (Phi) is 6.77. The molecule has 3 heterocycles. The van der Waals surface area contributed by atoms with Crippen molar-refractivity contribution in [3.8, 4) is 0 Å². The number of rotatable bonds is 6. The van der Waals surface area contributed by atoms with Gasteiger partial charge in [-0.05, 0) is 12.1 Å². The molecule has 2 aromatic heterocycles. The number of ether oxygens (including phenoxy) is 1. The molecule has 0 bridgehead atoms. The van der Waals surface area contributed by atoms with E-state index in [0.29, 0.717) is 13.2 Å². The number of aliphatic carboxylic acids is 1. The van der Waals surface area contributed by atoms with Crippen LogP contribution in [0.25, 0.3) is 0 Å². The third kappa shape index (κ3) is 5.58. The Morgan fingerprint density at radius 3 is 2.73 bits per heavy atom. The van der Waals surface area contributed by atoms with E-state index < -0.39 is 12.1 Å². The van der Waals surface area contributed by atoms with E-state index in [2.05, 4.69) is 15.1 Å². The number of aliphatic hydroxyl groups is 1. The van der Waals surface area contributed by atoms with Gasteiger partial charge in [0.05, 0.1) is 44.0 Å². The van der Waals surface area contributed by atoms with Gasteiger partial charge in [-0.25, -0.2) is 4.79 Å². The van der Waals surface area contributed by atoms with Crippen LogP contribution in [0.2, 0.25) is 0 Å². The molecule has 0 aliphatic carbocycles. The number of hydrogen-bond acceptors (Lipinski definition) is 6. The Morgan fingerprint density at radius 1 is 1.42 bits per heavy atom. The van der Waals surface area contributed by atoms with Crippen molar-refractivity contribution in [3.63, 3.8) is 0 Å². The lowest BCUT2D eigenvalue weighted by molar-refractivity contribution is -0.192. The number of furan rings is 1. The number of aromatic amines is 1. The summed E-state index contributed by atoms with van der Waals surface area (Å²) in [6.45, 7) is 3.33. The summed E-state index contributed by atoms with van der Waals surface area (Å²) in [7, 11) is 0. The highest BCUT2D eigenvalue weighted by Gasteiger charge is 2.38. The molecule has 0 unspecified atom stereocenters. The number of fused-ring (bicyclic) bond motifs is 1. The Labute approximate surface area is 146 Å². The Hall–Kier alpha value is -2.37. The predicted molar refractivity (Wildman–Crippen MR) is 80.7 cm³/mol. The zero-order valence-corrected chi connectivity index (χ0v) is 13.6. The summed E-state index contributed by atoms with van der Waals surface area (Å²) in [5.41, 5.74) is 3.30. The van der Waals surface area contributed by atoms with E-state index in [1.165, 1.54) is 5.56 Å². The molecule has 0 aromatic carbocycles. The highest BCUT2D eigenvalue weighted by atomic mass is 19.4. The molecule has 0 saturated carbocycles. The number of carboxylic acid groups (broad SMARTS) is 1. The van der Waals surface area contributed by atoms with Gasteiger partial charge in [0.1, 0.15) is 5.76 Å². The average molecular weight is 377 g/mol. The number of halogens is 3. The van der Waals surface area contributed by atoms with Crippen LogP contribution in [0.15, 0.2) is 22.8 Å². The van der Waals surface area contributed by atoms with Crippen LogP contribution in [0.4, 0.5) is 13.2 Å². The number of nitrogens with zero attached hydrogens (tertiary/aromatic N) is 2. The van der Waals surface area contributed by atoms with Crippen molar-refractivity contribution >= 4 is 5.97 Å². The lowest BCUT2D eigenvalue weighted by Crippen LogP contribution is -2.21. The largest absolute Gasteiger partial charge is 0.490 e. The number of hydrogen-bond donors (Lipinski definition) is 3. The van der Waals surface area contributed by atoms with Crippen LogP contribution in [-0.2, 0) is 35.8 Å². The average Bonchev–Trinajstić information content (AvgIpc) is 3.26. The molecule has 8 nitrogen and oxygen atoms in total. The smallest absolute Gasteiger partial charge is 0.475 e. The van der Waals surface area contributed by atoms with Crippen molar-refractivity contribution in [1.29, 1.82) is 0 Å². The molecule has 0 radical (unpaired) electrons. The number of nitrogens with one attached hydrogen (secondary N) is 1. The van der Waals surface area contributed by atoms with Crippen LogP contribution in [-0.4, -0.2) is 50.7 Å². The first-order valence-corrected chi connectivity index (χ1v) is 7.59. The quantitative estimate of drug-likeness (QED) is 0.657. The normalized spacial score (nSPS) is 14.0. The van der Waals surface area contributed by atoms with Gasteiger partial charge in [-0.15, -0.1) is 0 Å². The minimum atomic E-state index is -5.08. The fourth-order valence-electron chi connectivity index (χ4n) is 2.35. The highest BCUT2D eigenvalue weighted by molar-refractivity contribution is 5.73. The molecule has 2 aromatic rings. The number of aromatic nitrogens is 2. The molecular weight excluding hydrogens is 359 g/mol. The lowest BCUT2D eigenvalue weighted by Gasteiger charge is -2.13. The Bertz CT molecular complexity index is 700. The molecule has 0 fully saturated rings. The molecule has 0 amide bonds. The van der Waals surface area contributed by atoms with Crippen molar-refractivity contribution in [1.82, 2.24) is 15.1 Å². The van der Waals surface area contributed by atoms with Gasteiger partial charge in [-0.3, -0.25) is 10.00 Å². The second-order valence-electron chi connectivity index (χ2n) is 5.43. The van der Waals surface area contributed by atoms with Gasteiger partial charge in [0.2, 0.25) is 0 Å². The maximum absolute atomic E-state index is 10.6. The predicted octanol–water partition coefficient (Wildman–Crippen LogP) is 1.66. The summed E-state index contributed by atoms with van der Waals surface area (Å²) in [5, 5.41) is 23.1. The van der Waals surface area contributed by atoms with E-state index in [1.807, 2.05) is 12.1 Å². The second kappa shape index (κ2) is 8.83. The van der Waals surface area contributed by atoms with E-state index in [0.717, 1.165) is 36.8 Å². The van der Waals surface area contributed by atoms with Gasteiger partial charge in [0.15, 0.2) is 0 Å². The second-order valence-corrected chi connectivity index (χ2v) is 5.43.